The summed E-state index contributed by atoms with van der Waals surface area (Å²) >= 11 is 1.73. The third kappa shape index (κ3) is 3.84. The zero-order chi connectivity index (χ0) is 14.5. The third-order valence-corrected chi connectivity index (χ3v) is 4.02. The molecule has 4 heteroatoms. The molecular weight excluding hydrogens is 271 g/mol. The maximum atomic E-state index is 13.2. The number of nitrogen functional groups attached to an aromatic ring is 1. The summed E-state index contributed by atoms with van der Waals surface area (Å²) in [5.74, 6) is 1.15. The first-order valence-electron chi connectivity index (χ1n) is 6.32. The quantitative estimate of drug-likeness (QED) is 0.648. The molecule has 0 saturated heterocycles. The zero-order valence-corrected chi connectivity index (χ0v) is 12.1. The number of nitrogens with two attached hydrogens (primary N) is 1. The van der Waals surface area contributed by atoms with Crippen molar-refractivity contribution in [2.24, 2.45) is 5.73 Å². The highest BCUT2D eigenvalue weighted by molar-refractivity contribution is 7.97. The lowest BCUT2D eigenvalue weighted by atomic mass is 10.1. The highest BCUT2D eigenvalue weighted by Gasteiger charge is 2.07. The molecule has 0 amide bonds. The van der Waals surface area contributed by atoms with Crippen LogP contribution in [0, 0.1) is 18.2 Å². The molecule has 2 rings (SSSR count). The van der Waals surface area contributed by atoms with Gasteiger partial charge in [0.15, 0.2) is 0 Å². The van der Waals surface area contributed by atoms with Gasteiger partial charge in [-0.15, -0.1) is 0 Å². The first kappa shape index (κ1) is 14.6. The van der Waals surface area contributed by atoms with Crippen molar-refractivity contribution in [1.29, 1.82) is 5.41 Å². The number of nitrogens with one attached hydrogen (secondary N) is 1. The maximum absolute atomic E-state index is 13.2. The average molecular weight is 288 g/mol. The molecule has 0 unspecified atom stereocenters. The summed E-state index contributed by atoms with van der Waals surface area (Å²) in [6, 6.07) is 12.8. The van der Waals surface area contributed by atoms with E-state index in [0.717, 1.165) is 11.3 Å². The second kappa shape index (κ2) is 6.57. The van der Waals surface area contributed by atoms with Crippen molar-refractivity contribution in [2.45, 2.75) is 18.4 Å². The molecular formula is C16H17FN2S. The highest BCUT2D eigenvalue weighted by Crippen LogP contribution is 2.21. The van der Waals surface area contributed by atoms with Crippen LogP contribution in [-0.2, 0) is 11.5 Å². The predicted molar refractivity (Wildman–Crippen MR) is 83.6 cm³/mol. The summed E-state index contributed by atoms with van der Waals surface area (Å²) in [5, 5.41) is 7.50. The van der Waals surface area contributed by atoms with Crippen molar-refractivity contribution < 1.29 is 4.39 Å². The second-order valence-electron chi connectivity index (χ2n) is 4.70. The largest absolute Gasteiger partial charge is 0.384 e. The van der Waals surface area contributed by atoms with E-state index in [9.17, 15) is 4.39 Å². The number of aryl methyl sites for hydroxylation is 1. The van der Waals surface area contributed by atoms with Gasteiger partial charge in [-0.3, -0.25) is 5.41 Å². The number of rotatable bonds is 5. The second-order valence-corrected chi connectivity index (χ2v) is 5.68. The molecule has 2 nitrogen and oxygen atoms in total. The molecule has 0 fully saturated rings. The van der Waals surface area contributed by atoms with Crippen molar-refractivity contribution in [3.8, 4) is 0 Å². The Morgan fingerprint density at radius 3 is 2.70 bits per heavy atom. The van der Waals surface area contributed by atoms with Crippen molar-refractivity contribution >= 4 is 17.6 Å². The van der Waals surface area contributed by atoms with E-state index >= 15 is 0 Å². The van der Waals surface area contributed by atoms with Gasteiger partial charge in [0.25, 0.3) is 0 Å². The molecule has 2 aromatic carbocycles. The van der Waals surface area contributed by atoms with Gasteiger partial charge >= 0.3 is 0 Å². The van der Waals surface area contributed by atoms with Crippen LogP contribution < -0.4 is 5.73 Å². The molecule has 20 heavy (non-hydrogen) atoms. The monoisotopic (exact) mass is 288 g/mol. The molecule has 2 aromatic rings. The summed E-state index contributed by atoms with van der Waals surface area (Å²) < 4.78 is 13.2. The van der Waals surface area contributed by atoms with E-state index in [-0.39, 0.29) is 11.7 Å². The van der Waals surface area contributed by atoms with Crippen LogP contribution in [0.25, 0.3) is 0 Å². The molecule has 0 aliphatic heterocycles. The fourth-order valence-electron chi connectivity index (χ4n) is 2.01. The number of halogens is 1. The summed E-state index contributed by atoms with van der Waals surface area (Å²) in [5.41, 5.74) is 9.39. The van der Waals surface area contributed by atoms with Crippen LogP contribution in [0.1, 0.15) is 22.3 Å². The van der Waals surface area contributed by atoms with Crippen molar-refractivity contribution in [3.05, 3.63) is 70.5 Å². The molecule has 0 heterocycles. The van der Waals surface area contributed by atoms with Crippen LogP contribution in [0.15, 0.2) is 42.5 Å². The number of amidine groups is 1. The van der Waals surface area contributed by atoms with E-state index in [2.05, 4.69) is 25.1 Å². The van der Waals surface area contributed by atoms with Crippen molar-refractivity contribution in [2.75, 3.05) is 0 Å². The van der Waals surface area contributed by atoms with E-state index in [1.807, 2.05) is 6.07 Å². The topological polar surface area (TPSA) is 49.9 Å². The Bertz CT molecular complexity index is 626. The molecule has 0 spiro atoms. The van der Waals surface area contributed by atoms with Crippen molar-refractivity contribution in [1.82, 2.24) is 0 Å². The number of hydrogen-bond donors (Lipinski definition) is 2. The Balaban J connectivity index is 2.02. The van der Waals surface area contributed by atoms with Gasteiger partial charge in [-0.1, -0.05) is 35.9 Å². The van der Waals surface area contributed by atoms with Gasteiger partial charge in [0.1, 0.15) is 11.7 Å². The Labute approximate surface area is 122 Å². The Kier molecular flexibility index (Phi) is 4.79. The Hall–Kier alpha value is -1.81. The van der Waals surface area contributed by atoms with Crippen molar-refractivity contribution in [3.63, 3.8) is 0 Å². The van der Waals surface area contributed by atoms with Crippen LogP contribution in [0.4, 0.5) is 4.39 Å². The Morgan fingerprint density at radius 1 is 1.20 bits per heavy atom. The van der Waals surface area contributed by atoms with Gasteiger partial charge in [-0.2, -0.15) is 11.8 Å². The number of hydrogen-bond acceptors (Lipinski definition) is 2. The van der Waals surface area contributed by atoms with Gasteiger partial charge in [-0.25, -0.2) is 4.39 Å². The zero-order valence-electron chi connectivity index (χ0n) is 11.3. The lowest BCUT2D eigenvalue weighted by Gasteiger charge is -2.08. The lowest BCUT2D eigenvalue weighted by molar-refractivity contribution is 0.627. The molecule has 0 aromatic heterocycles. The van der Waals surface area contributed by atoms with Crippen LogP contribution >= 0.6 is 11.8 Å². The molecule has 104 valence electrons. The van der Waals surface area contributed by atoms with Gasteiger partial charge in [0.2, 0.25) is 0 Å². The lowest BCUT2D eigenvalue weighted by Crippen LogP contribution is -2.14. The van der Waals surface area contributed by atoms with Gasteiger partial charge in [-0.05, 0) is 30.2 Å². The Morgan fingerprint density at radius 2 is 2.00 bits per heavy atom. The summed E-state index contributed by atoms with van der Waals surface area (Å²) in [7, 11) is 0. The maximum Gasteiger partial charge on any atom is 0.123 e. The van der Waals surface area contributed by atoms with Crippen LogP contribution in [0.5, 0.6) is 0 Å². The number of thioether (sulfide) groups is 1. The molecule has 0 atom stereocenters. The van der Waals surface area contributed by atoms with Crippen LogP contribution in [0.3, 0.4) is 0 Å². The first-order chi connectivity index (χ1) is 9.56. The molecule has 0 saturated carbocycles. The normalized spacial score (nSPS) is 10.5. The molecule has 0 radical (unpaired) electrons. The predicted octanol–water partition coefficient (Wildman–Crippen LogP) is 3.85. The van der Waals surface area contributed by atoms with E-state index in [0.29, 0.717) is 11.3 Å². The summed E-state index contributed by atoms with van der Waals surface area (Å²) in [6.45, 7) is 2.07. The minimum atomic E-state index is -0.359. The molecule has 0 bridgehead atoms. The van der Waals surface area contributed by atoms with E-state index < -0.39 is 0 Å². The minimum absolute atomic E-state index is 0.0874. The van der Waals surface area contributed by atoms with Gasteiger partial charge in [0.05, 0.1) is 0 Å². The summed E-state index contributed by atoms with van der Waals surface area (Å²) in [6.07, 6.45) is 0. The third-order valence-electron chi connectivity index (χ3n) is 2.97. The van der Waals surface area contributed by atoms with Crippen LogP contribution in [0.2, 0.25) is 0 Å². The highest BCUT2D eigenvalue weighted by atomic mass is 32.2. The fraction of sp³-hybridized carbons (Fsp3) is 0.188. The standard InChI is InChI=1S/C16H17FN2S/c1-11-3-2-4-12(7-11)9-20-10-13-5-6-14(17)8-15(13)16(18)19/h2-8H,9-10H2,1H3,(H3,18,19). The van der Waals surface area contributed by atoms with E-state index in [1.165, 1.54) is 23.3 Å². The molecule has 0 aliphatic carbocycles. The van der Waals surface area contributed by atoms with Crippen LogP contribution in [-0.4, -0.2) is 5.84 Å². The SMILES string of the molecule is Cc1cccc(CSCc2ccc(F)cc2C(=N)N)c1. The first-order valence-corrected chi connectivity index (χ1v) is 7.48. The average Bonchev–Trinajstić information content (AvgIpc) is 2.40. The van der Waals surface area contributed by atoms with Gasteiger partial charge < -0.3 is 5.73 Å². The molecule has 3 N–H and O–H groups in total. The fourth-order valence-corrected chi connectivity index (χ4v) is 2.99. The van der Waals surface area contributed by atoms with Gasteiger partial charge in [0, 0.05) is 17.1 Å². The minimum Gasteiger partial charge on any atom is -0.384 e. The summed E-state index contributed by atoms with van der Waals surface area (Å²) in [4.78, 5) is 0. The van der Waals surface area contributed by atoms with E-state index in [4.69, 9.17) is 11.1 Å². The number of benzene rings is 2. The van der Waals surface area contributed by atoms with E-state index in [1.54, 1.807) is 17.8 Å². The smallest absolute Gasteiger partial charge is 0.123 e. The molecule has 0 aliphatic rings.